The van der Waals surface area contributed by atoms with E-state index in [0.717, 1.165) is 22.6 Å². The summed E-state index contributed by atoms with van der Waals surface area (Å²) >= 11 is 24.7. The van der Waals surface area contributed by atoms with Crippen LogP contribution >= 0.6 is 58.8 Å². The van der Waals surface area contributed by atoms with Crippen LogP contribution in [0.25, 0.3) is 11.8 Å². The number of halogens is 4. The Kier molecular flexibility index (Phi) is 6.21. The van der Waals surface area contributed by atoms with Crippen molar-refractivity contribution in [2.75, 3.05) is 4.90 Å². The summed E-state index contributed by atoms with van der Waals surface area (Å²) in [5.41, 5.74) is 4.09. The Morgan fingerprint density at radius 3 is 2.32 bits per heavy atom. The van der Waals surface area contributed by atoms with Crippen LogP contribution in [-0.2, 0) is 4.79 Å². The van der Waals surface area contributed by atoms with Crippen molar-refractivity contribution in [3.8, 4) is 5.69 Å². The summed E-state index contributed by atoms with van der Waals surface area (Å²) in [7, 11) is 0. The van der Waals surface area contributed by atoms with Crippen LogP contribution < -0.4 is 4.90 Å². The van der Waals surface area contributed by atoms with Crippen molar-refractivity contribution in [3.05, 3.63) is 85.2 Å². The molecule has 158 valence electrons. The van der Waals surface area contributed by atoms with Crippen LogP contribution in [0.5, 0.6) is 0 Å². The summed E-state index contributed by atoms with van der Waals surface area (Å²) in [6, 6.07) is 11.5. The molecule has 1 aliphatic rings. The number of hydrogen-bond acceptors (Lipinski definition) is 3. The molecule has 1 aromatic heterocycles. The second-order valence-corrected chi connectivity index (χ2v) is 9.77. The average Bonchev–Trinajstić information content (AvgIpc) is 3.15. The first-order valence-corrected chi connectivity index (χ1v) is 11.4. The molecule has 31 heavy (non-hydrogen) atoms. The van der Waals surface area contributed by atoms with Crippen molar-refractivity contribution >= 4 is 80.8 Å². The average molecular weight is 512 g/mol. The molecule has 2 aromatic carbocycles. The minimum Gasteiger partial charge on any atom is -0.318 e. The number of aryl methyl sites for hydroxylation is 1. The molecule has 3 aromatic rings. The van der Waals surface area contributed by atoms with E-state index in [4.69, 9.17) is 47.0 Å². The van der Waals surface area contributed by atoms with E-state index < -0.39 is 5.82 Å². The van der Waals surface area contributed by atoms with Crippen LogP contribution in [0.4, 0.5) is 10.1 Å². The number of rotatable bonds is 3. The molecule has 9 heteroatoms. The maximum atomic E-state index is 13.5. The molecule has 3 nitrogen and oxygen atoms in total. The van der Waals surface area contributed by atoms with Crippen LogP contribution in [0.2, 0.25) is 15.1 Å². The molecule has 1 saturated heterocycles. The molecular formula is C22H14Cl3FN2OS2. The molecule has 0 saturated carbocycles. The molecule has 0 atom stereocenters. The van der Waals surface area contributed by atoms with E-state index in [1.165, 1.54) is 34.9 Å². The van der Waals surface area contributed by atoms with Crippen molar-refractivity contribution in [1.82, 2.24) is 4.57 Å². The zero-order valence-electron chi connectivity index (χ0n) is 16.2. The van der Waals surface area contributed by atoms with Gasteiger partial charge in [-0.2, -0.15) is 0 Å². The van der Waals surface area contributed by atoms with Gasteiger partial charge in [0.1, 0.15) is 5.82 Å². The fourth-order valence-electron chi connectivity index (χ4n) is 3.41. The smallest absolute Gasteiger partial charge is 0.270 e. The lowest BCUT2D eigenvalue weighted by Gasteiger charge is -2.14. The van der Waals surface area contributed by atoms with E-state index in [0.29, 0.717) is 25.0 Å². The molecule has 0 bridgehead atoms. The Hall–Kier alpha value is -1.83. The van der Waals surface area contributed by atoms with Gasteiger partial charge in [0.15, 0.2) is 4.32 Å². The number of amides is 1. The largest absolute Gasteiger partial charge is 0.318 e. The predicted molar refractivity (Wildman–Crippen MR) is 132 cm³/mol. The monoisotopic (exact) mass is 510 g/mol. The third-order valence-electron chi connectivity index (χ3n) is 4.87. The highest BCUT2D eigenvalue weighted by atomic mass is 35.5. The number of benzene rings is 2. The summed E-state index contributed by atoms with van der Waals surface area (Å²) in [5.74, 6) is -0.835. The Balaban J connectivity index is 1.71. The number of aromatic nitrogens is 1. The number of carbonyl (C=O) groups excluding carboxylic acids is 1. The first-order chi connectivity index (χ1) is 14.7. The van der Waals surface area contributed by atoms with E-state index in [2.05, 4.69) is 0 Å². The fourth-order valence-corrected chi connectivity index (χ4v) is 5.17. The SMILES string of the molecule is Cc1cc(/C=C2\SC(=S)N(c3ccc(F)c(Cl)c3)C2=O)c(C)n1-c1ccc(Cl)c(Cl)c1. The van der Waals surface area contributed by atoms with Crippen LogP contribution in [0, 0.1) is 19.7 Å². The van der Waals surface area contributed by atoms with E-state index in [1.54, 1.807) is 18.2 Å². The van der Waals surface area contributed by atoms with Crippen molar-refractivity contribution < 1.29 is 9.18 Å². The highest BCUT2D eigenvalue weighted by Gasteiger charge is 2.34. The fraction of sp³-hybridized carbons (Fsp3) is 0.0909. The highest BCUT2D eigenvalue weighted by molar-refractivity contribution is 8.27. The number of nitrogens with zero attached hydrogens (tertiary/aromatic N) is 2. The van der Waals surface area contributed by atoms with Gasteiger partial charge in [0.25, 0.3) is 5.91 Å². The van der Waals surface area contributed by atoms with Gasteiger partial charge in [-0.05, 0) is 68.0 Å². The normalized spacial score (nSPS) is 15.4. The maximum absolute atomic E-state index is 13.5. The number of thioether (sulfide) groups is 1. The maximum Gasteiger partial charge on any atom is 0.270 e. The number of thiocarbonyl (C=S) groups is 1. The summed E-state index contributed by atoms with van der Waals surface area (Å²) in [4.78, 5) is 14.9. The minimum absolute atomic E-state index is 0.0688. The first kappa shape index (κ1) is 22.4. The molecule has 4 rings (SSSR count). The Morgan fingerprint density at radius 2 is 1.65 bits per heavy atom. The minimum atomic E-state index is -0.554. The summed E-state index contributed by atoms with van der Waals surface area (Å²) < 4.78 is 15.9. The quantitative estimate of drug-likeness (QED) is 0.267. The first-order valence-electron chi connectivity index (χ1n) is 9.04. The molecular weight excluding hydrogens is 498 g/mol. The number of anilines is 1. The van der Waals surface area contributed by atoms with Gasteiger partial charge in [0.05, 0.1) is 25.7 Å². The molecule has 0 N–H and O–H groups in total. The van der Waals surface area contributed by atoms with Crippen molar-refractivity contribution in [2.24, 2.45) is 0 Å². The molecule has 2 heterocycles. The standard InChI is InChI=1S/C22H14Cl3FN2OS2/c1-11-7-13(12(2)27(11)14-3-5-16(23)17(24)9-14)8-20-21(29)28(22(30)31-20)15-4-6-19(26)18(25)10-15/h3-10H,1-2H3/b20-8-. The zero-order valence-corrected chi connectivity index (χ0v) is 20.2. The summed E-state index contributed by atoms with van der Waals surface area (Å²) in [6.45, 7) is 3.93. The summed E-state index contributed by atoms with van der Waals surface area (Å²) in [5, 5.41) is 0.880. The second kappa shape index (κ2) is 8.60. The molecule has 1 amide bonds. The zero-order chi connectivity index (χ0) is 22.4. The van der Waals surface area contributed by atoms with Gasteiger partial charge in [-0.15, -0.1) is 0 Å². The lowest BCUT2D eigenvalue weighted by molar-refractivity contribution is -0.113. The Bertz CT molecular complexity index is 1290. The van der Waals surface area contributed by atoms with Gasteiger partial charge in [-0.25, -0.2) is 4.39 Å². The van der Waals surface area contributed by atoms with Crippen molar-refractivity contribution in [2.45, 2.75) is 13.8 Å². The van der Waals surface area contributed by atoms with E-state index >= 15 is 0 Å². The number of carbonyl (C=O) groups is 1. The molecule has 0 spiro atoms. The van der Waals surface area contributed by atoms with Gasteiger partial charge < -0.3 is 4.57 Å². The molecule has 0 aliphatic carbocycles. The topological polar surface area (TPSA) is 25.2 Å². The van der Waals surface area contributed by atoms with E-state index in [1.807, 2.05) is 30.5 Å². The molecule has 1 aliphatic heterocycles. The third kappa shape index (κ3) is 4.15. The molecule has 0 radical (unpaired) electrons. The van der Waals surface area contributed by atoms with Crippen LogP contribution in [0.3, 0.4) is 0 Å². The second-order valence-electron chi connectivity index (χ2n) is 6.88. The van der Waals surface area contributed by atoms with Crippen LogP contribution in [0.15, 0.2) is 47.4 Å². The van der Waals surface area contributed by atoms with Gasteiger partial charge in [0, 0.05) is 17.1 Å². The van der Waals surface area contributed by atoms with Gasteiger partial charge in [-0.1, -0.05) is 58.8 Å². The lowest BCUT2D eigenvalue weighted by Crippen LogP contribution is -2.27. The van der Waals surface area contributed by atoms with Crippen LogP contribution in [-0.4, -0.2) is 14.8 Å². The van der Waals surface area contributed by atoms with Crippen molar-refractivity contribution in [3.63, 3.8) is 0 Å². The van der Waals surface area contributed by atoms with Gasteiger partial charge >= 0.3 is 0 Å². The lowest BCUT2D eigenvalue weighted by atomic mass is 10.2. The van der Waals surface area contributed by atoms with E-state index in [-0.39, 0.29) is 10.9 Å². The molecule has 1 fully saturated rings. The Labute approximate surface area is 203 Å². The van der Waals surface area contributed by atoms with E-state index in [9.17, 15) is 9.18 Å². The Morgan fingerprint density at radius 1 is 0.968 bits per heavy atom. The summed E-state index contributed by atoms with van der Waals surface area (Å²) in [6.07, 6.45) is 1.81. The highest BCUT2D eigenvalue weighted by Crippen LogP contribution is 2.38. The third-order valence-corrected chi connectivity index (χ3v) is 7.20. The number of hydrogen-bond donors (Lipinski definition) is 0. The predicted octanol–water partition coefficient (Wildman–Crippen LogP) is 7.60. The van der Waals surface area contributed by atoms with Gasteiger partial charge in [-0.3, -0.25) is 9.69 Å². The van der Waals surface area contributed by atoms with Crippen molar-refractivity contribution in [1.29, 1.82) is 0 Å². The van der Waals surface area contributed by atoms with Crippen LogP contribution in [0.1, 0.15) is 17.0 Å². The van der Waals surface area contributed by atoms with Gasteiger partial charge in [0.2, 0.25) is 0 Å². The molecule has 0 unspecified atom stereocenters.